The van der Waals surface area contributed by atoms with Gasteiger partial charge >= 0.3 is 0 Å². The van der Waals surface area contributed by atoms with Crippen LogP contribution in [-0.2, 0) is 11.3 Å². The molecule has 8 heteroatoms. The summed E-state index contributed by atoms with van der Waals surface area (Å²) in [6.45, 7) is 3.20. The maximum absolute atomic E-state index is 12.9. The first-order valence-electron chi connectivity index (χ1n) is 10.8. The number of rotatable bonds is 5. The number of nitrogens with one attached hydrogen (secondary N) is 1. The van der Waals surface area contributed by atoms with Crippen LogP contribution in [0.1, 0.15) is 6.42 Å². The van der Waals surface area contributed by atoms with Crippen molar-refractivity contribution in [1.82, 2.24) is 19.4 Å². The van der Waals surface area contributed by atoms with Crippen LogP contribution in [-0.4, -0.2) is 58.6 Å². The molecule has 5 rings (SSSR count). The summed E-state index contributed by atoms with van der Waals surface area (Å²) in [4.78, 5) is 37.4. The molecular formula is C24H25N5O3. The van der Waals surface area contributed by atoms with Crippen molar-refractivity contribution in [1.29, 1.82) is 0 Å². The van der Waals surface area contributed by atoms with Gasteiger partial charge in [-0.15, -0.1) is 0 Å². The molecule has 0 saturated carbocycles. The lowest BCUT2D eigenvalue weighted by atomic mass is 10.2. The molecule has 1 aliphatic heterocycles. The Morgan fingerprint density at radius 3 is 2.56 bits per heavy atom. The number of carbonyl (C=O) groups excluding carboxylic acids is 1. The molecule has 1 saturated heterocycles. The number of aromatic nitrogens is 3. The molecule has 2 aromatic heterocycles. The van der Waals surface area contributed by atoms with E-state index in [9.17, 15) is 9.59 Å². The molecule has 0 spiro atoms. The van der Waals surface area contributed by atoms with Crippen molar-refractivity contribution in [2.75, 3.05) is 38.2 Å². The van der Waals surface area contributed by atoms with Crippen molar-refractivity contribution in [2.45, 2.75) is 13.0 Å². The molecule has 2 aromatic carbocycles. The van der Waals surface area contributed by atoms with E-state index in [2.05, 4.69) is 14.9 Å². The van der Waals surface area contributed by atoms with Gasteiger partial charge in [-0.25, -0.2) is 4.98 Å². The summed E-state index contributed by atoms with van der Waals surface area (Å²) in [5.41, 5.74) is 3.01. The molecule has 1 amide bonds. The van der Waals surface area contributed by atoms with Gasteiger partial charge in [0.25, 0.3) is 5.56 Å². The van der Waals surface area contributed by atoms with Crippen LogP contribution in [0.4, 0.5) is 5.69 Å². The highest BCUT2D eigenvalue weighted by molar-refractivity contribution is 6.04. The zero-order valence-electron chi connectivity index (χ0n) is 18.0. The summed E-state index contributed by atoms with van der Waals surface area (Å²) in [6.07, 6.45) is 1.82. The Bertz CT molecular complexity index is 1320. The second-order valence-electron chi connectivity index (χ2n) is 7.95. The van der Waals surface area contributed by atoms with E-state index in [1.807, 2.05) is 53.4 Å². The maximum atomic E-state index is 12.9. The molecule has 0 unspecified atom stereocenters. The SMILES string of the molecule is COc1ccc(N2CCN(C(=O)CCn3cnc4c([nH]c5ccccc54)c3=O)CC2)cc1. The van der Waals surface area contributed by atoms with Crippen LogP contribution in [0.2, 0.25) is 0 Å². The van der Waals surface area contributed by atoms with E-state index >= 15 is 0 Å². The summed E-state index contributed by atoms with van der Waals surface area (Å²) < 4.78 is 6.73. The van der Waals surface area contributed by atoms with E-state index < -0.39 is 0 Å². The molecule has 1 aliphatic rings. The third kappa shape index (κ3) is 3.68. The number of anilines is 1. The fraction of sp³-hybridized carbons (Fsp3) is 0.292. The number of aryl methyl sites for hydroxylation is 1. The normalized spacial score (nSPS) is 14.3. The first-order chi connectivity index (χ1) is 15.6. The van der Waals surface area contributed by atoms with Crippen LogP contribution in [0.15, 0.2) is 59.7 Å². The van der Waals surface area contributed by atoms with Gasteiger partial charge in [-0.3, -0.25) is 14.2 Å². The number of benzene rings is 2. The van der Waals surface area contributed by atoms with Crippen LogP contribution < -0.4 is 15.2 Å². The Balaban J connectivity index is 1.21. The van der Waals surface area contributed by atoms with Crippen molar-refractivity contribution >= 4 is 33.5 Å². The number of hydrogen-bond donors (Lipinski definition) is 1. The average molecular weight is 431 g/mol. The predicted molar refractivity (Wildman–Crippen MR) is 124 cm³/mol. The molecule has 4 aromatic rings. The first-order valence-corrected chi connectivity index (χ1v) is 10.8. The zero-order chi connectivity index (χ0) is 22.1. The van der Waals surface area contributed by atoms with Gasteiger partial charge in [-0.05, 0) is 30.3 Å². The van der Waals surface area contributed by atoms with Gasteiger partial charge in [0.2, 0.25) is 5.91 Å². The number of ether oxygens (including phenoxy) is 1. The van der Waals surface area contributed by atoms with Crippen molar-refractivity contribution in [3.8, 4) is 5.75 Å². The van der Waals surface area contributed by atoms with Crippen molar-refractivity contribution < 1.29 is 9.53 Å². The Labute approximate surface area is 185 Å². The number of carbonyl (C=O) groups is 1. The van der Waals surface area contributed by atoms with Crippen LogP contribution in [0.5, 0.6) is 5.75 Å². The van der Waals surface area contributed by atoms with E-state index in [4.69, 9.17) is 4.74 Å². The number of amides is 1. The number of nitrogens with zero attached hydrogens (tertiary/aromatic N) is 4. The molecule has 0 bridgehead atoms. The Kier molecular flexibility index (Phi) is 5.26. The fourth-order valence-corrected chi connectivity index (χ4v) is 4.28. The molecule has 3 heterocycles. The molecular weight excluding hydrogens is 406 g/mol. The standard InChI is InChI=1S/C24H25N5O3/c1-32-18-8-6-17(7-9-18)27-12-14-28(15-13-27)21(30)10-11-29-16-25-22-19-4-2-3-5-20(19)26-23(22)24(29)31/h2-9,16,26H,10-15H2,1H3. The summed E-state index contributed by atoms with van der Waals surface area (Å²) in [5.74, 6) is 0.890. The van der Waals surface area contributed by atoms with Gasteiger partial charge in [0, 0.05) is 55.7 Å². The summed E-state index contributed by atoms with van der Waals surface area (Å²) in [6, 6.07) is 15.7. The second-order valence-corrected chi connectivity index (χ2v) is 7.95. The van der Waals surface area contributed by atoms with Crippen molar-refractivity contribution in [2.24, 2.45) is 0 Å². The van der Waals surface area contributed by atoms with Gasteiger partial charge in [0.05, 0.1) is 13.4 Å². The van der Waals surface area contributed by atoms with Crippen LogP contribution >= 0.6 is 0 Å². The van der Waals surface area contributed by atoms with Gasteiger partial charge in [0.15, 0.2) is 0 Å². The van der Waals surface area contributed by atoms with Crippen LogP contribution in [0, 0.1) is 0 Å². The minimum atomic E-state index is -0.150. The lowest BCUT2D eigenvalue weighted by molar-refractivity contribution is -0.131. The molecule has 1 N–H and O–H groups in total. The molecule has 0 aliphatic carbocycles. The van der Waals surface area contributed by atoms with Crippen LogP contribution in [0.25, 0.3) is 21.9 Å². The van der Waals surface area contributed by atoms with E-state index in [-0.39, 0.29) is 17.9 Å². The van der Waals surface area contributed by atoms with Gasteiger partial charge in [0.1, 0.15) is 16.8 Å². The lowest BCUT2D eigenvalue weighted by Crippen LogP contribution is -2.49. The number of methoxy groups -OCH3 is 1. The monoisotopic (exact) mass is 431 g/mol. The van der Waals surface area contributed by atoms with Gasteiger partial charge < -0.3 is 19.5 Å². The van der Waals surface area contributed by atoms with E-state index in [0.29, 0.717) is 30.7 Å². The summed E-state index contributed by atoms with van der Waals surface area (Å²) in [7, 11) is 1.65. The van der Waals surface area contributed by atoms with E-state index in [0.717, 1.165) is 35.4 Å². The fourth-order valence-electron chi connectivity index (χ4n) is 4.28. The minimum Gasteiger partial charge on any atom is -0.497 e. The van der Waals surface area contributed by atoms with Gasteiger partial charge in [-0.1, -0.05) is 18.2 Å². The van der Waals surface area contributed by atoms with Crippen LogP contribution in [0.3, 0.4) is 0 Å². The number of fused-ring (bicyclic) bond motifs is 3. The largest absolute Gasteiger partial charge is 0.497 e. The number of piperazine rings is 1. The Morgan fingerprint density at radius 2 is 1.81 bits per heavy atom. The number of aromatic amines is 1. The summed E-state index contributed by atoms with van der Waals surface area (Å²) in [5, 5.41) is 0.928. The highest BCUT2D eigenvalue weighted by Gasteiger charge is 2.21. The predicted octanol–water partition coefficient (Wildman–Crippen LogP) is 2.63. The van der Waals surface area contributed by atoms with Crippen molar-refractivity contribution in [3.63, 3.8) is 0 Å². The first kappa shape index (κ1) is 20.1. The second kappa shape index (κ2) is 8.37. The minimum absolute atomic E-state index is 0.0584. The number of hydrogen-bond acceptors (Lipinski definition) is 5. The number of H-pyrrole nitrogens is 1. The third-order valence-electron chi connectivity index (χ3n) is 6.12. The maximum Gasteiger partial charge on any atom is 0.277 e. The highest BCUT2D eigenvalue weighted by atomic mass is 16.5. The van der Waals surface area contributed by atoms with Crippen molar-refractivity contribution in [3.05, 3.63) is 65.2 Å². The molecule has 8 nitrogen and oxygen atoms in total. The molecule has 164 valence electrons. The number of para-hydroxylation sites is 1. The van der Waals surface area contributed by atoms with E-state index in [1.54, 1.807) is 13.4 Å². The lowest BCUT2D eigenvalue weighted by Gasteiger charge is -2.36. The Morgan fingerprint density at radius 1 is 1.06 bits per heavy atom. The molecule has 1 fully saturated rings. The molecule has 0 radical (unpaired) electrons. The highest BCUT2D eigenvalue weighted by Crippen LogP contribution is 2.22. The Hall–Kier alpha value is -3.81. The molecule has 32 heavy (non-hydrogen) atoms. The summed E-state index contributed by atoms with van der Waals surface area (Å²) >= 11 is 0. The zero-order valence-corrected chi connectivity index (χ0v) is 18.0. The smallest absolute Gasteiger partial charge is 0.277 e. The quantitative estimate of drug-likeness (QED) is 0.525. The van der Waals surface area contributed by atoms with E-state index in [1.165, 1.54) is 4.57 Å². The third-order valence-corrected chi connectivity index (χ3v) is 6.12. The average Bonchev–Trinajstić information content (AvgIpc) is 3.23. The molecule has 0 atom stereocenters. The topological polar surface area (TPSA) is 83.5 Å². The van der Waals surface area contributed by atoms with Gasteiger partial charge in [-0.2, -0.15) is 0 Å².